The van der Waals surface area contributed by atoms with Crippen molar-refractivity contribution in [1.29, 1.82) is 0 Å². The van der Waals surface area contributed by atoms with Gasteiger partial charge in [-0.05, 0) is 24.4 Å². The van der Waals surface area contributed by atoms with Gasteiger partial charge in [-0.2, -0.15) is 4.98 Å². The van der Waals surface area contributed by atoms with Crippen molar-refractivity contribution in [3.05, 3.63) is 46.1 Å². The van der Waals surface area contributed by atoms with Gasteiger partial charge in [0.15, 0.2) is 10.9 Å². The van der Waals surface area contributed by atoms with E-state index in [1.807, 2.05) is 31.2 Å². The van der Waals surface area contributed by atoms with Gasteiger partial charge < -0.3 is 10.5 Å². The number of nitrogens with zero attached hydrogens (tertiary/aromatic N) is 3. The van der Waals surface area contributed by atoms with E-state index in [0.29, 0.717) is 17.4 Å². The van der Waals surface area contributed by atoms with Crippen LogP contribution in [0.15, 0.2) is 40.4 Å². The van der Waals surface area contributed by atoms with E-state index in [0.717, 1.165) is 16.0 Å². The van der Waals surface area contributed by atoms with Crippen molar-refractivity contribution in [3.8, 4) is 17.0 Å². The standard InChI is InChI=1S/C16H18ClN5OS/c1-10-6-4-5-7-12(10)13-14(23-3)15(17)21-16(20-13)22-24-11(8-18)9-19-2/h4-9H,18H2,1-3H3,(H,20,21,22). The van der Waals surface area contributed by atoms with Gasteiger partial charge in [-0.15, -0.1) is 0 Å². The monoisotopic (exact) mass is 363 g/mol. The first-order valence-electron chi connectivity index (χ1n) is 7.05. The molecular weight excluding hydrogens is 346 g/mol. The molecule has 0 aliphatic heterocycles. The van der Waals surface area contributed by atoms with Gasteiger partial charge in [0.2, 0.25) is 5.95 Å². The fourth-order valence-corrected chi connectivity index (χ4v) is 2.78. The number of hydrogen-bond donors (Lipinski definition) is 2. The normalized spacial score (nSPS) is 11.8. The number of aromatic nitrogens is 2. The van der Waals surface area contributed by atoms with Crippen LogP contribution in [-0.4, -0.2) is 30.3 Å². The van der Waals surface area contributed by atoms with Crippen molar-refractivity contribution in [1.82, 2.24) is 9.97 Å². The number of aryl methyl sites for hydroxylation is 1. The van der Waals surface area contributed by atoms with E-state index in [9.17, 15) is 0 Å². The minimum absolute atomic E-state index is 0.233. The first-order valence-corrected chi connectivity index (χ1v) is 8.24. The highest BCUT2D eigenvalue weighted by molar-refractivity contribution is 8.05. The Morgan fingerprint density at radius 2 is 2.12 bits per heavy atom. The third-order valence-corrected chi connectivity index (χ3v) is 4.13. The van der Waals surface area contributed by atoms with Crippen molar-refractivity contribution in [2.45, 2.75) is 6.92 Å². The number of halogens is 1. The fourth-order valence-electron chi connectivity index (χ4n) is 2.01. The van der Waals surface area contributed by atoms with Gasteiger partial charge >= 0.3 is 0 Å². The molecule has 2 rings (SSSR count). The van der Waals surface area contributed by atoms with E-state index in [2.05, 4.69) is 19.7 Å². The molecule has 24 heavy (non-hydrogen) atoms. The zero-order valence-electron chi connectivity index (χ0n) is 13.6. The van der Waals surface area contributed by atoms with Crippen LogP contribution in [-0.2, 0) is 0 Å². The van der Waals surface area contributed by atoms with Gasteiger partial charge in [-0.3, -0.25) is 9.71 Å². The number of ether oxygens (including phenoxy) is 1. The lowest BCUT2D eigenvalue weighted by atomic mass is 10.1. The van der Waals surface area contributed by atoms with Crippen molar-refractivity contribution in [3.63, 3.8) is 0 Å². The zero-order chi connectivity index (χ0) is 17.5. The molecule has 0 spiro atoms. The van der Waals surface area contributed by atoms with Crippen LogP contribution in [0.1, 0.15) is 5.56 Å². The summed E-state index contributed by atoms with van der Waals surface area (Å²) >= 11 is 7.50. The predicted molar refractivity (Wildman–Crippen MR) is 102 cm³/mol. The van der Waals surface area contributed by atoms with Crippen molar-refractivity contribution < 1.29 is 4.74 Å². The molecule has 6 nitrogen and oxygen atoms in total. The number of aliphatic imine (C=N–C) groups is 1. The average Bonchev–Trinajstić information content (AvgIpc) is 2.58. The Bertz CT molecular complexity index is 779. The average molecular weight is 364 g/mol. The second-order valence-electron chi connectivity index (χ2n) is 4.70. The number of hydrogen-bond acceptors (Lipinski definition) is 7. The van der Waals surface area contributed by atoms with Gasteiger partial charge in [0.1, 0.15) is 5.69 Å². The van der Waals surface area contributed by atoms with Crippen LogP contribution in [0.25, 0.3) is 11.3 Å². The first-order chi connectivity index (χ1) is 11.6. The predicted octanol–water partition coefficient (Wildman–Crippen LogP) is 3.67. The Hall–Kier alpha value is -2.25. The Morgan fingerprint density at radius 1 is 1.38 bits per heavy atom. The number of nitrogens with two attached hydrogens (primary N) is 1. The summed E-state index contributed by atoms with van der Waals surface area (Å²) in [6, 6.07) is 7.86. The van der Waals surface area contributed by atoms with Crippen molar-refractivity contribution in [2.24, 2.45) is 10.7 Å². The maximum absolute atomic E-state index is 6.26. The number of anilines is 1. The molecule has 0 fully saturated rings. The largest absolute Gasteiger partial charge is 0.491 e. The first kappa shape index (κ1) is 18.1. The summed E-state index contributed by atoms with van der Waals surface area (Å²) in [7, 11) is 3.21. The molecule has 2 aromatic rings. The molecule has 0 amide bonds. The van der Waals surface area contributed by atoms with Gasteiger partial charge in [0.25, 0.3) is 0 Å². The number of benzene rings is 1. The fraction of sp³-hybridized carbons (Fsp3) is 0.188. The van der Waals surface area contributed by atoms with Crippen molar-refractivity contribution >= 4 is 35.7 Å². The molecule has 0 unspecified atom stereocenters. The Balaban J connectivity index is 2.41. The summed E-state index contributed by atoms with van der Waals surface area (Å²) in [5.74, 6) is 0.791. The van der Waals surface area contributed by atoms with E-state index in [4.69, 9.17) is 22.1 Å². The number of rotatable bonds is 6. The molecule has 0 saturated heterocycles. The minimum Gasteiger partial charge on any atom is -0.491 e. The quantitative estimate of drug-likeness (QED) is 0.462. The topological polar surface area (TPSA) is 85.4 Å². The van der Waals surface area contributed by atoms with Gasteiger partial charge in [-0.1, -0.05) is 35.9 Å². The lowest BCUT2D eigenvalue weighted by Gasteiger charge is -2.13. The highest BCUT2D eigenvalue weighted by atomic mass is 35.5. The Morgan fingerprint density at radius 3 is 2.75 bits per heavy atom. The van der Waals surface area contributed by atoms with Crippen molar-refractivity contribution in [2.75, 3.05) is 18.9 Å². The molecule has 0 aliphatic rings. The van der Waals surface area contributed by atoms with E-state index in [-0.39, 0.29) is 5.15 Å². The summed E-state index contributed by atoms with van der Waals surface area (Å²) in [6.07, 6.45) is 3.07. The Kier molecular flexibility index (Phi) is 6.45. The zero-order valence-corrected chi connectivity index (χ0v) is 15.1. The van der Waals surface area contributed by atoms with Crippen LogP contribution < -0.4 is 15.2 Å². The van der Waals surface area contributed by atoms with Crippen LogP contribution in [0.2, 0.25) is 5.15 Å². The van der Waals surface area contributed by atoms with Crippen LogP contribution in [0.5, 0.6) is 5.75 Å². The molecule has 0 saturated carbocycles. The maximum Gasteiger partial charge on any atom is 0.235 e. The van der Waals surface area contributed by atoms with Crippen LogP contribution >= 0.6 is 23.5 Å². The highest BCUT2D eigenvalue weighted by Gasteiger charge is 2.17. The maximum atomic E-state index is 6.26. The third-order valence-electron chi connectivity index (χ3n) is 3.11. The molecule has 0 bridgehead atoms. The molecule has 0 aliphatic carbocycles. The summed E-state index contributed by atoms with van der Waals surface area (Å²) in [5, 5.41) is 0.233. The van der Waals surface area contributed by atoms with Crippen LogP contribution in [0.4, 0.5) is 5.95 Å². The molecule has 1 aromatic heterocycles. The van der Waals surface area contributed by atoms with E-state index in [1.165, 1.54) is 18.1 Å². The second kappa shape index (κ2) is 8.56. The lowest BCUT2D eigenvalue weighted by molar-refractivity contribution is 0.413. The molecule has 126 valence electrons. The molecule has 1 heterocycles. The molecule has 1 aromatic carbocycles. The lowest BCUT2D eigenvalue weighted by Crippen LogP contribution is -2.02. The van der Waals surface area contributed by atoms with E-state index < -0.39 is 0 Å². The SMILES string of the molecule is CN=CC(=CN)SNc1nc(Cl)c(OC)c(-c2ccccc2C)n1. The molecule has 0 atom stereocenters. The van der Waals surface area contributed by atoms with Crippen LogP contribution in [0, 0.1) is 6.92 Å². The molecule has 3 N–H and O–H groups in total. The van der Waals surface area contributed by atoms with E-state index in [1.54, 1.807) is 20.4 Å². The third kappa shape index (κ3) is 4.18. The number of nitrogens with one attached hydrogen (secondary N) is 1. The summed E-state index contributed by atoms with van der Waals surface area (Å²) < 4.78 is 8.40. The van der Waals surface area contributed by atoms with Gasteiger partial charge in [0, 0.05) is 25.0 Å². The highest BCUT2D eigenvalue weighted by Crippen LogP contribution is 2.36. The summed E-state index contributed by atoms with van der Waals surface area (Å²) in [4.78, 5) is 13.4. The Labute approximate surface area is 150 Å². The number of methoxy groups -OCH3 is 1. The molecule has 8 heteroatoms. The van der Waals surface area contributed by atoms with E-state index >= 15 is 0 Å². The second-order valence-corrected chi connectivity index (χ2v) is 5.93. The summed E-state index contributed by atoms with van der Waals surface area (Å²) in [5.41, 5.74) is 8.15. The molecule has 0 radical (unpaired) electrons. The van der Waals surface area contributed by atoms with Crippen LogP contribution in [0.3, 0.4) is 0 Å². The van der Waals surface area contributed by atoms with Gasteiger partial charge in [0.05, 0.1) is 12.0 Å². The minimum atomic E-state index is 0.233. The van der Waals surface area contributed by atoms with Gasteiger partial charge in [-0.25, -0.2) is 4.98 Å². The summed E-state index contributed by atoms with van der Waals surface area (Å²) in [6.45, 7) is 2.00. The smallest absolute Gasteiger partial charge is 0.235 e. The number of allylic oxidation sites excluding steroid dienone is 1. The molecular formula is C16H18ClN5OS.